The molecular weight excluding hydrogens is 274 g/mol. The molecule has 1 aromatic heterocycles. The molecular formula is C14H11N3O4. The molecule has 0 fully saturated rings. The van der Waals surface area contributed by atoms with Crippen molar-refractivity contribution in [1.29, 1.82) is 5.26 Å². The number of methoxy groups -OCH3 is 1. The van der Waals surface area contributed by atoms with Gasteiger partial charge in [-0.25, -0.2) is 9.59 Å². The number of aromatic carboxylic acids is 1. The highest BCUT2D eigenvalue weighted by molar-refractivity contribution is 5.98. The number of aromatic nitrogens is 1. The van der Waals surface area contributed by atoms with Crippen LogP contribution in [0, 0.1) is 11.3 Å². The number of esters is 1. The van der Waals surface area contributed by atoms with E-state index in [9.17, 15) is 14.7 Å². The topological polar surface area (TPSA) is 118 Å². The van der Waals surface area contributed by atoms with Crippen LogP contribution in [0.15, 0.2) is 30.5 Å². The van der Waals surface area contributed by atoms with Crippen molar-refractivity contribution in [3.63, 3.8) is 0 Å². The number of carboxylic acids is 1. The molecule has 0 bridgehead atoms. The Morgan fingerprint density at radius 2 is 2.05 bits per heavy atom. The Bertz CT molecular complexity index is 771. The first-order valence-electron chi connectivity index (χ1n) is 5.83. The fourth-order valence-corrected chi connectivity index (χ4v) is 1.97. The van der Waals surface area contributed by atoms with Gasteiger partial charge in [-0.2, -0.15) is 5.26 Å². The van der Waals surface area contributed by atoms with Crippen LogP contribution in [0.1, 0.15) is 26.4 Å². The summed E-state index contributed by atoms with van der Waals surface area (Å²) in [5.41, 5.74) is 5.89. The van der Waals surface area contributed by atoms with Gasteiger partial charge in [0.15, 0.2) is 5.69 Å². The van der Waals surface area contributed by atoms with Crippen molar-refractivity contribution in [3.8, 4) is 11.8 Å². The summed E-state index contributed by atoms with van der Waals surface area (Å²) in [6, 6.07) is 7.93. The van der Waals surface area contributed by atoms with Crippen molar-refractivity contribution < 1.29 is 19.4 Å². The number of anilines is 1. The highest BCUT2D eigenvalue weighted by Crippen LogP contribution is 2.26. The van der Waals surface area contributed by atoms with E-state index in [1.807, 2.05) is 6.07 Å². The second-order valence-electron chi connectivity index (χ2n) is 4.10. The molecule has 2 aromatic rings. The summed E-state index contributed by atoms with van der Waals surface area (Å²) in [5, 5.41) is 18.2. The van der Waals surface area contributed by atoms with Gasteiger partial charge in [0.2, 0.25) is 0 Å². The maximum absolute atomic E-state index is 11.9. The lowest BCUT2D eigenvalue weighted by Gasteiger charge is -2.10. The molecule has 3 N–H and O–H groups in total. The van der Waals surface area contributed by atoms with Gasteiger partial charge in [0.1, 0.15) is 6.07 Å². The number of nitrogen functional groups attached to an aromatic ring is 1. The first-order valence-corrected chi connectivity index (χ1v) is 5.83. The van der Waals surface area contributed by atoms with Gasteiger partial charge in [-0.05, 0) is 12.1 Å². The van der Waals surface area contributed by atoms with Crippen molar-refractivity contribution in [1.82, 2.24) is 4.57 Å². The Kier molecular flexibility index (Phi) is 3.63. The predicted molar refractivity (Wildman–Crippen MR) is 73.2 cm³/mol. The lowest BCUT2D eigenvalue weighted by molar-refractivity contribution is 0.0591. The van der Waals surface area contributed by atoms with E-state index >= 15 is 0 Å². The SMILES string of the molecule is COC(=O)c1c(N)c(C#N)cn1-c1ccccc1C(=O)O. The molecule has 0 aliphatic rings. The molecule has 0 unspecified atom stereocenters. The van der Waals surface area contributed by atoms with E-state index in [1.165, 1.54) is 30.0 Å². The molecule has 1 aromatic carbocycles. The number of nitrogens with zero attached hydrogens (tertiary/aromatic N) is 2. The number of hydrogen-bond acceptors (Lipinski definition) is 5. The zero-order valence-corrected chi connectivity index (χ0v) is 11.0. The van der Waals surface area contributed by atoms with E-state index < -0.39 is 11.9 Å². The normalized spacial score (nSPS) is 9.90. The van der Waals surface area contributed by atoms with Crippen LogP contribution in [-0.2, 0) is 4.74 Å². The quantitative estimate of drug-likeness (QED) is 0.823. The summed E-state index contributed by atoms with van der Waals surface area (Å²) in [6.45, 7) is 0. The second-order valence-corrected chi connectivity index (χ2v) is 4.10. The third-order valence-corrected chi connectivity index (χ3v) is 2.94. The number of benzene rings is 1. The van der Waals surface area contributed by atoms with Gasteiger partial charge in [-0.1, -0.05) is 12.1 Å². The number of hydrogen-bond donors (Lipinski definition) is 2. The van der Waals surface area contributed by atoms with Crippen molar-refractivity contribution in [2.24, 2.45) is 0 Å². The molecule has 106 valence electrons. The van der Waals surface area contributed by atoms with Gasteiger partial charge in [-0.15, -0.1) is 0 Å². The number of para-hydroxylation sites is 1. The molecule has 1 heterocycles. The number of carbonyl (C=O) groups is 2. The highest BCUT2D eigenvalue weighted by atomic mass is 16.5. The van der Waals surface area contributed by atoms with Crippen LogP contribution in [0.5, 0.6) is 0 Å². The van der Waals surface area contributed by atoms with Gasteiger partial charge >= 0.3 is 11.9 Å². The molecule has 2 rings (SSSR count). The third-order valence-electron chi connectivity index (χ3n) is 2.94. The average Bonchev–Trinajstić information content (AvgIpc) is 2.83. The summed E-state index contributed by atoms with van der Waals surface area (Å²) in [4.78, 5) is 23.1. The van der Waals surface area contributed by atoms with E-state index in [-0.39, 0.29) is 28.2 Å². The Balaban J connectivity index is 2.79. The molecule has 0 aliphatic carbocycles. The second kappa shape index (κ2) is 5.38. The Morgan fingerprint density at radius 1 is 1.38 bits per heavy atom. The lowest BCUT2D eigenvalue weighted by atomic mass is 10.1. The molecule has 0 saturated heterocycles. The predicted octanol–water partition coefficient (Wildman–Crippen LogP) is 1.42. The first kappa shape index (κ1) is 14.1. The fraction of sp³-hybridized carbons (Fsp3) is 0.0714. The highest BCUT2D eigenvalue weighted by Gasteiger charge is 2.23. The molecule has 7 nitrogen and oxygen atoms in total. The van der Waals surface area contributed by atoms with Gasteiger partial charge in [0.05, 0.1) is 29.6 Å². The summed E-state index contributed by atoms with van der Waals surface area (Å²) in [7, 11) is 1.17. The summed E-state index contributed by atoms with van der Waals surface area (Å²) in [5.74, 6) is -1.92. The number of carboxylic acid groups (broad SMARTS) is 1. The zero-order chi connectivity index (χ0) is 15.6. The number of rotatable bonds is 3. The molecule has 0 atom stereocenters. The van der Waals surface area contributed by atoms with E-state index in [2.05, 4.69) is 4.74 Å². The zero-order valence-electron chi connectivity index (χ0n) is 11.0. The van der Waals surface area contributed by atoms with Crippen LogP contribution >= 0.6 is 0 Å². The molecule has 0 spiro atoms. The Labute approximate surface area is 119 Å². The summed E-state index contributed by atoms with van der Waals surface area (Å²) in [6.07, 6.45) is 1.31. The fourth-order valence-electron chi connectivity index (χ4n) is 1.97. The standard InChI is InChI=1S/C14H11N3O4/c1-21-14(20)12-11(16)8(6-15)7-17(12)10-5-3-2-4-9(10)13(18)19/h2-5,7H,16H2,1H3,(H,18,19). The summed E-state index contributed by atoms with van der Waals surface area (Å²) < 4.78 is 5.89. The first-order chi connectivity index (χ1) is 10.0. The Morgan fingerprint density at radius 3 is 2.62 bits per heavy atom. The molecule has 0 amide bonds. The molecule has 7 heteroatoms. The number of nitrogens with two attached hydrogens (primary N) is 1. The minimum absolute atomic E-state index is 0.0258. The number of carbonyl (C=O) groups excluding carboxylic acids is 1. The van der Waals surface area contributed by atoms with Crippen LogP contribution in [0.25, 0.3) is 5.69 Å². The summed E-state index contributed by atoms with van der Waals surface area (Å²) >= 11 is 0. The van der Waals surface area contributed by atoms with Gasteiger partial charge in [-0.3, -0.25) is 0 Å². The van der Waals surface area contributed by atoms with E-state index in [0.717, 1.165) is 0 Å². The van der Waals surface area contributed by atoms with Gasteiger partial charge in [0.25, 0.3) is 0 Å². The Hall–Kier alpha value is -3.27. The maximum atomic E-state index is 11.9. The lowest BCUT2D eigenvalue weighted by Crippen LogP contribution is -2.13. The van der Waals surface area contributed by atoms with Crippen LogP contribution in [0.3, 0.4) is 0 Å². The maximum Gasteiger partial charge on any atom is 0.357 e. The third kappa shape index (κ3) is 2.30. The minimum Gasteiger partial charge on any atom is -0.478 e. The largest absolute Gasteiger partial charge is 0.478 e. The van der Waals surface area contributed by atoms with Crippen molar-refractivity contribution in [3.05, 3.63) is 47.3 Å². The monoisotopic (exact) mass is 285 g/mol. The van der Waals surface area contributed by atoms with E-state index in [4.69, 9.17) is 11.0 Å². The van der Waals surface area contributed by atoms with Crippen molar-refractivity contribution >= 4 is 17.6 Å². The van der Waals surface area contributed by atoms with Crippen molar-refractivity contribution in [2.75, 3.05) is 12.8 Å². The van der Waals surface area contributed by atoms with Crippen LogP contribution in [-0.4, -0.2) is 28.7 Å². The van der Waals surface area contributed by atoms with E-state index in [0.29, 0.717) is 0 Å². The van der Waals surface area contributed by atoms with Crippen LogP contribution < -0.4 is 5.73 Å². The number of nitriles is 1. The average molecular weight is 285 g/mol. The van der Waals surface area contributed by atoms with E-state index in [1.54, 1.807) is 12.1 Å². The van der Waals surface area contributed by atoms with Gasteiger partial charge in [0, 0.05) is 6.20 Å². The molecule has 0 saturated carbocycles. The molecule has 21 heavy (non-hydrogen) atoms. The minimum atomic E-state index is -1.16. The smallest absolute Gasteiger partial charge is 0.357 e. The van der Waals surface area contributed by atoms with Gasteiger partial charge < -0.3 is 20.1 Å². The van der Waals surface area contributed by atoms with Crippen LogP contribution in [0.2, 0.25) is 0 Å². The molecule has 0 radical (unpaired) electrons. The number of ether oxygens (including phenoxy) is 1. The molecule has 0 aliphatic heterocycles. The van der Waals surface area contributed by atoms with Crippen LogP contribution in [0.4, 0.5) is 5.69 Å². The van der Waals surface area contributed by atoms with Crippen molar-refractivity contribution in [2.45, 2.75) is 0 Å².